The number of rotatable bonds is 4. The minimum Gasteiger partial charge on any atom is -0.326 e. The van der Waals surface area contributed by atoms with Crippen molar-refractivity contribution in [2.75, 3.05) is 23.3 Å². The minimum atomic E-state index is -0.476. The molecular formula is C23H24ClN3O3. The first kappa shape index (κ1) is 20.6. The SMILES string of the molecule is Cc1ccc(N2C(=O)C[C@@H](N3CCC(C(=O)Nc4ccccc4)CC3)C2=O)cc1Cl. The van der Waals surface area contributed by atoms with Crippen LogP contribution < -0.4 is 10.2 Å². The quantitative estimate of drug-likeness (QED) is 0.759. The number of carbonyl (C=O) groups excluding carboxylic acids is 3. The highest BCUT2D eigenvalue weighted by Gasteiger charge is 2.44. The zero-order valence-corrected chi connectivity index (χ0v) is 17.6. The van der Waals surface area contributed by atoms with Crippen LogP contribution in [0.15, 0.2) is 48.5 Å². The number of para-hydroxylation sites is 1. The number of hydrogen-bond acceptors (Lipinski definition) is 4. The van der Waals surface area contributed by atoms with Crippen LogP contribution in [0.1, 0.15) is 24.8 Å². The molecule has 2 heterocycles. The van der Waals surface area contributed by atoms with Gasteiger partial charge in [-0.2, -0.15) is 0 Å². The molecule has 0 bridgehead atoms. The van der Waals surface area contributed by atoms with Crippen molar-refractivity contribution < 1.29 is 14.4 Å². The average molecular weight is 426 g/mol. The number of nitrogens with zero attached hydrogens (tertiary/aromatic N) is 2. The topological polar surface area (TPSA) is 69.7 Å². The largest absolute Gasteiger partial charge is 0.326 e. The van der Waals surface area contributed by atoms with Crippen molar-refractivity contribution in [3.63, 3.8) is 0 Å². The van der Waals surface area contributed by atoms with Gasteiger partial charge in [-0.1, -0.05) is 35.9 Å². The van der Waals surface area contributed by atoms with E-state index in [1.165, 1.54) is 4.90 Å². The Morgan fingerprint density at radius 1 is 1.07 bits per heavy atom. The molecule has 30 heavy (non-hydrogen) atoms. The van der Waals surface area contributed by atoms with Crippen molar-refractivity contribution in [3.05, 3.63) is 59.1 Å². The first-order valence-electron chi connectivity index (χ1n) is 10.2. The summed E-state index contributed by atoms with van der Waals surface area (Å²) in [4.78, 5) is 41.4. The van der Waals surface area contributed by atoms with Gasteiger partial charge < -0.3 is 5.32 Å². The van der Waals surface area contributed by atoms with Crippen LogP contribution in [-0.2, 0) is 14.4 Å². The maximum Gasteiger partial charge on any atom is 0.251 e. The number of piperidine rings is 1. The predicted molar refractivity (Wildman–Crippen MR) is 116 cm³/mol. The Morgan fingerprint density at radius 3 is 2.43 bits per heavy atom. The number of benzene rings is 2. The molecule has 2 fully saturated rings. The van der Waals surface area contributed by atoms with Crippen molar-refractivity contribution in [1.29, 1.82) is 0 Å². The van der Waals surface area contributed by atoms with Gasteiger partial charge in [-0.05, 0) is 62.7 Å². The Hall–Kier alpha value is -2.70. The maximum atomic E-state index is 13.0. The first-order valence-corrected chi connectivity index (χ1v) is 10.5. The molecule has 0 saturated carbocycles. The molecule has 156 valence electrons. The lowest BCUT2D eigenvalue weighted by Gasteiger charge is -2.34. The third-order valence-electron chi connectivity index (χ3n) is 5.92. The van der Waals surface area contributed by atoms with Crippen molar-refractivity contribution in [2.24, 2.45) is 5.92 Å². The van der Waals surface area contributed by atoms with Gasteiger partial charge in [0.25, 0.3) is 5.91 Å². The molecule has 1 atom stereocenters. The second-order valence-electron chi connectivity index (χ2n) is 7.89. The van der Waals surface area contributed by atoms with E-state index < -0.39 is 6.04 Å². The van der Waals surface area contributed by atoms with Crippen molar-refractivity contribution in [3.8, 4) is 0 Å². The van der Waals surface area contributed by atoms with Crippen LogP contribution in [-0.4, -0.2) is 41.8 Å². The summed E-state index contributed by atoms with van der Waals surface area (Å²) in [6.07, 6.45) is 1.48. The number of hydrogen-bond donors (Lipinski definition) is 1. The third kappa shape index (κ3) is 4.11. The summed E-state index contributed by atoms with van der Waals surface area (Å²) in [7, 11) is 0. The van der Waals surface area contributed by atoms with E-state index in [1.807, 2.05) is 48.2 Å². The molecule has 2 aromatic rings. The number of halogens is 1. The van der Waals surface area contributed by atoms with Crippen LogP contribution in [0.25, 0.3) is 0 Å². The number of anilines is 2. The summed E-state index contributed by atoms with van der Waals surface area (Å²) >= 11 is 6.18. The maximum absolute atomic E-state index is 13.0. The molecule has 2 aliphatic rings. The fraction of sp³-hybridized carbons (Fsp3) is 0.348. The average Bonchev–Trinajstić information content (AvgIpc) is 3.05. The molecule has 0 spiro atoms. The minimum absolute atomic E-state index is 0.00518. The van der Waals surface area contributed by atoms with Crippen LogP contribution in [0.3, 0.4) is 0 Å². The number of carbonyl (C=O) groups is 3. The van der Waals surface area contributed by atoms with E-state index in [4.69, 9.17) is 11.6 Å². The van der Waals surface area contributed by atoms with Crippen LogP contribution in [0.4, 0.5) is 11.4 Å². The number of aryl methyl sites for hydroxylation is 1. The van der Waals surface area contributed by atoms with Gasteiger partial charge in [-0.3, -0.25) is 19.3 Å². The van der Waals surface area contributed by atoms with E-state index in [9.17, 15) is 14.4 Å². The highest BCUT2D eigenvalue weighted by molar-refractivity contribution is 6.32. The third-order valence-corrected chi connectivity index (χ3v) is 6.33. The van der Waals surface area contributed by atoms with E-state index in [0.29, 0.717) is 36.6 Å². The van der Waals surface area contributed by atoms with Crippen LogP contribution in [0.5, 0.6) is 0 Å². The Bertz CT molecular complexity index is 971. The van der Waals surface area contributed by atoms with Gasteiger partial charge in [-0.25, -0.2) is 4.90 Å². The number of likely N-dealkylation sites (tertiary alicyclic amines) is 1. The Labute approximate surface area is 180 Å². The van der Waals surface area contributed by atoms with Gasteiger partial charge in [0.1, 0.15) is 0 Å². The van der Waals surface area contributed by atoms with Gasteiger partial charge >= 0.3 is 0 Å². The molecular weight excluding hydrogens is 402 g/mol. The smallest absolute Gasteiger partial charge is 0.251 e. The molecule has 1 N–H and O–H groups in total. The van der Waals surface area contributed by atoms with E-state index in [-0.39, 0.29) is 30.1 Å². The summed E-state index contributed by atoms with van der Waals surface area (Å²) in [5.41, 5.74) is 2.20. The Morgan fingerprint density at radius 2 is 1.77 bits per heavy atom. The van der Waals surface area contributed by atoms with Crippen LogP contribution >= 0.6 is 11.6 Å². The molecule has 2 aromatic carbocycles. The van der Waals surface area contributed by atoms with E-state index in [2.05, 4.69) is 5.32 Å². The first-order chi connectivity index (χ1) is 14.4. The van der Waals surface area contributed by atoms with Gasteiger partial charge in [0.05, 0.1) is 18.2 Å². The van der Waals surface area contributed by atoms with Gasteiger partial charge in [0.15, 0.2) is 0 Å². The van der Waals surface area contributed by atoms with E-state index in [0.717, 1.165) is 11.3 Å². The van der Waals surface area contributed by atoms with Crippen molar-refractivity contribution in [1.82, 2.24) is 4.90 Å². The number of amides is 3. The zero-order valence-electron chi connectivity index (χ0n) is 16.8. The summed E-state index contributed by atoms with van der Waals surface area (Å²) in [5.74, 6) is -0.521. The Kier molecular flexibility index (Phi) is 5.88. The summed E-state index contributed by atoms with van der Waals surface area (Å²) in [5, 5.41) is 3.48. The Balaban J connectivity index is 1.38. The monoisotopic (exact) mass is 425 g/mol. The molecule has 0 aromatic heterocycles. The highest BCUT2D eigenvalue weighted by Crippen LogP contribution is 2.31. The van der Waals surface area contributed by atoms with E-state index >= 15 is 0 Å². The second kappa shape index (κ2) is 8.58. The summed E-state index contributed by atoms with van der Waals surface area (Å²) in [6.45, 7) is 3.10. The molecule has 4 rings (SSSR count). The lowest BCUT2D eigenvalue weighted by molar-refractivity contribution is -0.123. The van der Waals surface area contributed by atoms with Crippen molar-refractivity contribution in [2.45, 2.75) is 32.2 Å². The molecule has 3 amide bonds. The van der Waals surface area contributed by atoms with E-state index in [1.54, 1.807) is 12.1 Å². The van der Waals surface area contributed by atoms with Crippen LogP contribution in [0.2, 0.25) is 5.02 Å². The lowest BCUT2D eigenvalue weighted by Crippen LogP contribution is -2.47. The predicted octanol–water partition coefficient (Wildman–Crippen LogP) is 3.63. The fourth-order valence-electron chi connectivity index (χ4n) is 4.13. The normalized spacial score (nSPS) is 20.6. The summed E-state index contributed by atoms with van der Waals surface area (Å²) < 4.78 is 0. The van der Waals surface area contributed by atoms with Crippen molar-refractivity contribution >= 4 is 40.7 Å². The molecule has 6 nitrogen and oxygen atoms in total. The highest BCUT2D eigenvalue weighted by atomic mass is 35.5. The standard InChI is InChI=1S/C23H24ClN3O3/c1-15-7-8-18(13-19(15)24)27-21(28)14-20(23(27)30)26-11-9-16(10-12-26)22(29)25-17-5-3-2-4-6-17/h2-8,13,16,20H,9-12,14H2,1H3,(H,25,29)/t20-/m1/s1. The second-order valence-corrected chi connectivity index (χ2v) is 8.29. The zero-order chi connectivity index (χ0) is 21.3. The molecule has 0 aliphatic carbocycles. The molecule has 7 heteroatoms. The molecule has 2 aliphatic heterocycles. The molecule has 0 unspecified atom stereocenters. The molecule has 2 saturated heterocycles. The van der Waals surface area contributed by atoms with Gasteiger partial charge in [-0.15, -0.1) is 0 Å². The lowest BCUT2D eigenvalue weighted by atomic mass is 9.94. The number of nitrogens with one attached hydrogen (secondary N) is 1. The molecule has 0 radical (unpaired) electrons. The van der Waals surface area contributed by atoms with Gasteiger partial charge in [0.2, 0.25) is 11.8 Å². The fourth-order valence-corrected chi connectivity index (χ4v) is 4.31. The van der Waals surface area contributed by atoms with Gasteiger partial charge in [0, 0.05) is 16.6 Å². The van der Waals surface area contributed by atoms with Crippen LogP contribution in [0, 0.1) is 12.8 Å². The number of imide groups is 1. The summed E-state index contributed by atoms with van der Waals surface area (Å²) in [6, 6.07) is 14.1.